The van der Waals surface area contributed by atoms with Crippen LogP contribution in [0.2, 0.25) is 0 Å². The van der Waals surface area contributed by atoms with Gasteiger partial charge in [-0.25, -0.2) is 13.8 Å². The Hall–Kier alpha value is -1.53. The van der Waals surface area contributed by atoms with E-state index in [1.54, 1.807) is 12.5 Å². The van der Waals surface area contributed by atoms with Gasteiger partial charge in [0.25, 0.3) is 0 Å². The van der Waals surface area contributed by atoms with E-state index in [1.807, 2.05) is 0 Å². The molecule has 0 saturated heterocycles. The zero-order chi connectivity index (χ0) is 13.0. The van der Waals surface area contributed by atoms with E-state index in [9.17, 15) is 8.78 Å². The van der Waals surface area contributed by atoms with Crippen LogP contribution in [-0.2, 0) is 4.74 Å². The molecule has 0 aliphatic heterocycles. The molecular weight excluding hydrogens is 258 g/mol. The van der Waals surface area contributed by atoms with Crippen molar-refractivity contribution in [3.8, 4) is 11.3 Å². The number of hydrogen-bond donors (Lipinski definition) is 1. The third kappa shape index (κ3) is 3.02. The molecule has 0 aliphatic carbocycles. The SMILES string of the molecule is COCCNc1nc(-c2ccc(F)c(F)c2)cs1. The zero-order valence-corrected chi connectivity index (χ0v) is 10.6. The standard InChI is InChI=1S/C12H12F2N2OS/c1-17-5-4-15-12-16-11(7-18-12)8-2-3-9(13)10(14)6-8/h2-3,6-7H,4-5H2,1H3,(H,15,16). The van der Waals surface area contributed by atoms with Gasteiger partial charge in [0, 0.05) is 24.6 Å². The van der Waals surface area contributed by atoms with E-state index in [2.05, 4.69) is 10.3 Å². The summed E-state index contributed by atoms with van der Waals surface area (Å²) >= 11 is 1.41. The van der Waals surface area contributed by atoms with E-state index in [0.717, 1.165) is 17.3 Å². The minimum Gasteiger partial charge on any atom is -0.383 e. The van der Waals surface area contributed by atoms with E-state index in [4.69, 9.17) is 4.74 Å². The number of nitrogens with zero attached hydrogens (tertiary/aromatic N) is 1. The van der Waals surface area contributed by atoms with Crippen molar-refractivity contribution in [2.45, 2.75) is 0 Å². The smallest absolute Gasteiger partial charge is 0.183 e. The summed E-state index contributed by atoms with van der Waals surface area (Å²) in [5.74, 6) is -1.72. The first-order valence-corrected chi connectivity index (χ1v) is 6.22. The summed E-state index contributed by atoms with van der Waals surface area (Å²) in [5, 5.41) is 5.60. The summed E-state index contributed by atoms with van der Waals surface area (Å²) in [7, 11) is 1.62. The Morgan fingerprint density at radius 2 is 2.17 bits per heavy atom. The van der Waals surface area contributed by atoms with Crippen molar-refractivity contribution in [3.63, 3.8) is 0 Å². The molecule has 2 aromatic rings. The molecule has 0 saturated carbocycles. The average molecular weight is 270 g/mol. The van der Waals surface area contributed by atoms with Gasteiger partial charge in [0.1, 0.15) is 0 Å². The van der Waals surface area contributed by atoms with Crippen molar-refractivity contribution >= 4 is 16.5 Å². The largest absolute Gasteiger partial charge is 0.383 e. The van der Waals surface area contributed by atoms with Gasteiger partial charge in [-0.1, -0.05) is 0 Å². The highest BCUT2D eigenvalue weighted by Crippen LogP contribution is 2.25. The second kappa shape index (κ2) is 5.88. The Balaban J connectivity index is 2.11. The number of methoxy groups -OCH3 is 1. The van der Waals surface area contributed by atoms with Crippen molar-refractivity contribution < 1.29 is 13.5 Å². The highest BCUT2D eigenvalue weighted by molar-refractivity contribution is 7.14. The van der Waals surface area contributed by atoms with E-state index in [1.165, 1.54) is 17.4 Å². The number of aromatic nitrogens is 1. The molecule has 2 rings (SSSR count). The van der Waals surface area contributed by atoms with Crippen LogP contribution in [-0.4, -0.2) is 25.2 Å². The molecule has 3 nitrogen and oxygen atoms in total. The zero-order valence-electron chi connectivity index (χ0n) is 9.74. The van der Waals surface area contributed by atoms with Crippen molar-refractivity contribution in [3.05, 3.63) is 35.2 Å². The minimum atomic E-state index is -0.866. The monoisotopic (exact) mass is 270 g/mol. The summed E-state index contributed by atoms with van der Waals surface area (Å²) in [5.41, 5.74) is 1.18. The van der Waals surface area contributed by atoms with Gasteiger partial charge in [-0.2, -0.15) is 0 Å². The molecule has 0 spiro atoms. The first kappa shape index (κ1) is 12.9. The maximum absolute atomic E-state index is 13.1. The van der Waals surface area contributed by atoms with Gasteiger partial charge in [-0.05, 0) is 18.2 Å². The van der Waals surface area contributed by atoms with Crippen molar-refractivity contribution in [1.82, 2.24) is 4.98 Å². The van der Waals surface area contributed by atoms with Crippen LogP contribution in [0.1, 0.15) is 0 Å². The van der Waals surface area contributed by atoms with Crippen LogP contribution < -0.4 is 5.32 Å². The molecule has 0 atom stereocenters. The van der Waals surface area contributed by atoms with Crippen LogP contribution in [0.5, 0.6) is 0 Å². The fourth-order valence-electron chi connectivity index (χ4n) is 1.40. The van der Waals surface area contributed by atoms with Crippen LogP contribution in [0.25, 0.3) is 11.3 Å². The van der Waals surface area contributed by atoms with Crippen molar-refractivity contribution in [2.24, 2.45) is 0 Å². The fourth-order valence-corrected chi connectivity index (χ4v) is 2.15. The lowest BCUT2D eigenvalue weighted by Gasteiger charge is -2.00. The van der Waals surface area contributed by atoms with Crippen LogP contribution in [0.15, 0.2) is 23.6 Å². The predicted octanol–water partition coefficient (Wildman–Crippen LogP) is 3.15. The van der Waals surface area contributed by atoms with Gasteiger partial charge in [-0.3, -0.25) is 0 Å². The second-order valence-corrected chi connectivity index (χ2v) is 4.44. The lowest BCUT2D eigenvalue weighted by molar-refractivity contribution is 0.211. The first-order chi connectivity index (χ1) is 8.70. The average Bonchev–Trinajstić information content (AvgIpc) is 2.82. The van der Waals surface area contributed by atoms with E-state index in [-0.39, 0.29) is 0 Å². The Kier molecular flexibility index (Phi) is 4.22. The Morgan fingerprint density at radius 1 is 1.33 bits per heavy atom. The van der Waals surface area contributed by atoms with E-state index >= 15 is 0 Å². The van der Waals surface area contributed by atoms with Gasteiger partial charge < -0.3 is 10.1 Å². The molecule has 0 fully saturated rings. The fraction of sp³-hybridized carbons (Fsp3) is 0.250. The van der Waals surface area contributed by atoms with Crippen molar-refractivity contribution in [2.75, 3.05) is 25.6 Å². The van der Waals surface area contributed by atoms with E-state index in [0.29, 0.717) is 24.4 Å². The molecule has 0 unspecified atom stereocenters. The minimum absolute atomic E-state index is 0.560. The maximum Gasteiger partial charge on any atom is 0.183 e. The molecule has 1 aromatic carbocycles. The summed E-state index contributed by atoms with van der Waals surface area (Å²) in [6.07, 6.45) is 0. The Morgan fingerprint density at radius 3 is 2.89 bits per heavy atom. The summed E-state index contributed by atoms with van der Waals surface area (Å²) in [6.45, 7) is 1.24. The molecule has 6 heteroatoms. The number of anilines is 1. The van der Waals surface area contributed by atoms with Crippen LogP contribution in [0.4, 0.5) is 13.9 Å². The first-order valence-electron chi connectivity index (χ1n) is 5.34. The topological polar surface area (TPSA) is 34.1 Å². The molecule has 1 heterocycles. The lowest BCUT2D eigenvalue weighted by atomic mass is 10.2. The number of benzene rings is 1. The molecule has 1 aromatic heterocycles. The number of ether oxygens (including phenoxy) is 1. The summed E-state index contributed by atoms with van der Waals surface area (Å²) in [6, 6.07) is 3.75. The van der Waals surface area contributed by atoms with Crippen molar-refractivity contribution in [1.29, 1.82) is 0 Å². The third-order valence-corrected chi connectivity index (χ3v) is 3.10. The second-order valence-electron chi connectivity index (χ2n) is 3.59. The Labute approximate surface area is 107 Å². The number of thiazole rings is 1. The molecule has 0 aliphatic rings. The van der Waals surface area contributed by atoms with Gasteiger partial charge in [0.15, 0.2) is 16.8 Å². The van der Waals surface area contributed by atoms with Gasteiger partial charge in [0.05, 0.1) is 12.3 Å². The number of halogens is 2. The molecule has 0 amide bonds. The van der Waals surface area contributed by atoms with Gasteiger partial charge in [-0.15, -0.1) is 11.3 Å². The lowest BCUT2D eigenvalue weighted by Crippen LogP contribution is -2.07. The number of rotatable bonds is 5. The molecular formula is C12H12F2N2OS. The van der Waals surface area contributed by atoms with Crippen LogP contribution in [0.3, 0.4) is 0 Å². The predicted molar refractivity (Wildman–Crippen MR) is 67.8 cm³/mol. The quantitative estimate of drug-likeness (QED) is 0.847. The summed E-state index contributed by atoms with van der Waals surface area (Å²) in [4.78, 5) is 4.29. The highest BCUT2D eigenvalue weighted by atomic mass is 32.1. The molecule has 1 N–H and O–H groups in total. The van der Waals surface area contributed by atoms with Crippen LogP contribution >= 0.6 is 11.3 Å². The normalized spacial score (nSPS) is 10.6. The maximum atomic E-state index is 13.1. The number of hydrogen-bond acceptors (Lipinski definition) is 4. The summed E-state index contributed by atoms with van der Waals surface area (Å²) < 4.78 is 30.8. The van der Waals surface area contributed by atoms with E-state index < -0.39 is 11.6 Å². The molecule has 96 valence electrons. The van der Waals surface area contributed by atoms with Crippen LogP contribution in [0, 0.1) is 11.6 Å². The highest BCUT2D eigenvalue weighted by Gasteiger charge is 2.07. The van der Waals surface area contributed by atoms with Gasteiger partial charge in [0.2, 0.25) is 0 Å². The van der Waals surface area contributed by atoms with Gasteiger partial charge >= 0.3 is 0 Å². The Bertz CT molecular complexity index is 531. The third-order valence-electron chi connectivity index (χ3n) is 2.30. The number of nitrogens with one attached hydrogen (secondary N) is 1. The molecule has 0 bridgehead atoms. The molecule has 0 radical (unpaired) electrons. The molecule has 18 heavy (non-hydrogen) atoms.